The maximum atomic E-state index is 12.0. The van der Waals surface area contributed by atoms with E-state index >= 15 is 0 Å². The van der Waals surface area contributed by atoms with E-state index in [1.807, 2.05) is 20.8 Å². The monoisotopic (exact) mass is 325 g/mol. The van der Waals surface area contributed by atoms with Crippen molar-refractivity contribution in [2.24, 2.45) is 0 Å². The van der Waals surface area contributed by atoms with E-state index in [0.717, 1.165) is 15.7 Å². The molecule has 0 radical (unpaired) electrons. The molecule has 5 nitrogen and oxygen atoms in total. The Morgan fingerprint density at radius 2 is 2.05 bits per heavy atom. The minimum absolute atomic E-state index is 0.0734. The van der Waals surface area contributed by atoms with Crippen LogP contribution in [-0.4, -0.2) is 21.9 Å². The van der Waals surface area contributed by atoms with Gasteiger partial charge in [0.2, 0.25) is 0 Å². The molecule has 0 bridgehead atoms. The van der Waals surface area contributed by atoms with Crippen LogP contribution in [0.15, 0.2) is 0 Å². The third-order valence-electron chi connectivity index (χ3n) is 3.02. The van der Waals surface area contributed by atoms with Gasteiger partial charge in [-0.05, 0) is 46.2 Å². The van der Waals surface area contributed by atoms with Gasteiger partial charge >= 0.3 is 5.97 Å². The van der Waals surface area contributed by atoms with Gasteiger partial charge in [-0.1, -0.05) is 0 Å². The highest BCUT2D eigenvalue weighted by Gasteiger charge is 2.22. The summed E-state index contributed by atoms with van der Waals surface area (Å²) in [6, 6.07) is 0.0734. The summed E-state index contributed by atoms with van der Waals surface area (Å²) in [4.78, 5) is 17.6. The van der Waals surface area contributed by atoms with Gasteiger partial charge in [0.1, 0.15) is 10.6 Å². The molecule has 0 aliphatic heterocycles. The second-order valence-electron chi connectivity index (χ2n) is 4.74. The average molecular weight is 325 g/mol. The zero-order valence-corrected chi connectivity index (χ0v) is 14.4. The number of thiazole rings is 1. The largest absolute Gasteiger partial charge is 0.462 e. The fourth-order valence-corrected chi connectivity index (χ4v) is 3.92. The second kappa shape index (κ2) is 6.53. The molecule has 1 atom stereocenters. The van der Waals surface area contributed by atoms with Crippen molar-refractivity contribution in [3.05, 3.63) is 26.8 Å². The van der Waals surface area contributed by atoms with Crippen LogP contribution in [0.2, 0.25) is 0 Å². The first kappa shape index (κ1) is 15.9. The van der Waals surface area contributed by atoms with Crippen molar-refractivity contribution in [3.8, 4) is 0 Å². The van der Waals surface area contributed by atoms with E-state index in [1.165, 1.54) is 16.4 Å². The Kier molecular flexibility index (Phi) is 4.95. The zero-order chi connectivity index (χ0) is 15.6. The summed E-state index contributed by atoms with van der Waals surface area (Å²) in [6.07, 6.45) is 0. The third kappa shape index (κ3) is 3.41. The molecule has 1 unspecified atom stereocenters. The van der Waals surface area contributed by atoms with Crippen molar-refractivity contribution in [1.29, 1.82) is 0 Å². The molecule has 7 heteroatoms. The van der Waals surface area contributed by atoms with Gasteiger partial charge in [-0.3, -0.25) is 0 Å². The van der Waals surface area contributed by atoms with Crippen LogP contribution < -0.4 is 5.32 Å². The number of ether oxygens (including phenoxy) is 1. The van der Waals surface area contributed by atoms with Crippen molar-refractivity contribution in [2.75, 3.05) is 11.9 Å². The maximum absolute atomic E-state index is 12.0. The summed E-state index contributed by atoms with van der Waals surface area (Å²) in [5, 5.41) is 5.16. The number of hydrogen-bond acceptors (Lipinski definition) is 7. The van der Waals surface area contributed by atoms with E-state index in [4.69, 9.17) is 4.74 Å². The van der Waals surface area contributed by atoms with E-state index in [1.54, 1.807) is 18.3 Å². The number of carbonyl (C=O) groups is 1. The summed E-state index contributed by atoms with van der Waals surface area (Å²) in [6.45, 7) is 10.0. The van der Waals surface area contributed by atoms with Crippen LogP contribution >= 0.6 is 22.9 Å². The van der Waals surface area contributed by atoms with E-state index in [-0.39, 0.29) is 12.0 Å². The smallest absolute Gasteiger partial charge is 0.343 e. The number of aryl methyl sites for hydroxylation is 3. The van der Waals surface area contributed by atoms with Gasteiger partial charge in [0.25, 0.3) is 0 Å². The van der Waals surface area contributed by atoms with Gasteiger partial charge in [0.15, 0.2) is 0 Å². The topological polar surface area (TPSA) is 64.1 Å². The van der Waals surface area contributed by atoms with Crippen molar-refractivity contribution in [3.63, 3.8) is 0 Å². The lowest BCUT2D eigenvalue weighted by Crippen LogP contribution is -2.11. The number of aromatic nitrogens is 2. The Bertz CT molecular complexity index is 649. The lowest BCUT2D eigenvalue weighted by molar-refractivity contribution is 0.0527. The number of nitrogens with one attached hydrogen (secondary N) is 1. The molecule has 0 fully saturated rings. The Balaban J connectivity index is 2.24. The molecule has 2 aromatic rings. The lowest BCUT2D eigenvalue weighted by Gasteiger charge is -2.13. The molecule has 0 aliphatic carbocycles. The molecular formula is C14H19N3O2S2. The van der Waals surface area contributed by atoms with E-state index in [0.29, 0.717) is 17.9 Å². The molecule has 114 valence electrons. The van der Waals surface area contributed by atoms with Gasteiger partial charge < -0.3 is 10.1 Å². The first-order valence-electron chi connectivity index (χ1n) is 6.77. The van der Waals surface area contributed by atoms with Gasteiger partial charge in [-0.25, -0.2) is 9.78 Å². The molecule has 21 heavy (non-hydrogen) atoms. The Labute approximate surface area is 132 Å². The summed E-state index contributed by atoms with van der Waals surface area (Å²) in [5.41, 5.74) is 2.26. The molecule has 0 spiro atoms. The van der Waals surface area contributed by atoms with Gasteiger partial charge in [0, 0.05) is 4.88 Å². The highest BCUT2D eigenvalue weighted by molar-refractivity contribution is 7.12. The second-order valence-corrected chi connectivity index (χ2v) is 6.75. The summed E-state index contributed by atoms with van der Waals surface area (Å²) in [7, 11) is 0. The summed E-state index contributed by atoms with van der Waals surface area (Å²) >= 11 is 2.96. The molecule has 0 aliphatic rings. The first-order valence-corrected chi connectivity index (χ1v) is 8.36. The standard InChI is InChI=1S/C14H19N3O2S2/c1-6-19-14(18)11-7(2)17-21-13(11)16-9(4)12-8(3)15-10(5)20-12/h9,16H,6H2,1-5H3. The highest BCUT2D eigenvalue weighted by Crippen LogP contribution is 2.32. The van der Waals surface area contributed by atoms with Gasteiger partial charge in [-0.2, -0.15) is 4.37 Å². The summed E-state index contributed by atoms with van der Waals surface area (Å²) < 4.78 is 9.36. The normalized spacial score (nSPS) is 12.2. The lowest BCUT2D eigenvalue weighted by atomic mass is 10.2. The van der Waals surface area contributed by atoms with Gasteiger partial charge in [0.05, 0.1) is 29.0 Å². The fraction of sp³-hybridized carbons (Fsp3) is 0.500. The van der Waals surface area contributed by atoms with Gasteiger partial charge in [-0.15, -0.1) is 11.3 Å². The average Bonchev–Trinajstić information content (AvgIpc) is 2.92. The summed E-state index contributed by atoms with van der Waals surface area (Å²) in [5.74, 6) is -0.323. The van der Waals surface area contributed by atoms with Crippen LogP contribution in [0.5, 0.6) is 0 Å². The minimum Gasteiger partial charge on any atom is -0.462 e. The number of carbonyl (C=O) groups excluding carboxylic acids is 1. The maximum Gasteiger partial charge on any atom is 0.343 e. The van der Waals surface area contributed by atoms with Crippen molar-refractivity contribution < 1.29 is 9.53 Å². The van der Waals surface area contributed by atoms with E-state index in [9.17, 15) is 4.79 Å². The predicted molar refractivity (Wildman–Crippen MR) is 86.4 cm³/mol. The molecule has 0 saturated carbocycles. The van der Waals surface area contributed by atoms with Crippen molar-refractivity contribution >= 4 is 33.8 Å². The highest BCUT2D eigenvalue weighted by atomic mass is 32.1. The number of anilines is 1. The predicted octanol–water partition coefficient (Wildman–Crippen LogP) is 3.87. The molecule has 0 saturated heterocycles. The quantitative estimate of drug-likeness (QED) is 0.845. The number of nitrogens with zero attached hydrogens (tertiary/aromatic N) is 2. The SMILES string of the molecule is CCOC(=O)c1c(C)nsc1NC(C)c1sc(C)nc1C. The molecule has 0 aromatic carbocycles. The zero-order valence-electron chi connectivity index (χ0n) is 12.8. The number of hydrogen-bond donors (Lipinski definition) is 1. The Morgan fingerprint density at radius 1 is 1.33 bits per heavy atom. The number of rotatable bonds is 5. The van der Waals surface area contributed by atoms with Crippen molar-refractivity contribution in [1.82, 2.24) is 9.36 Å². The Morgan fingerprint density at radius 3 is 2.62 bits per heavy atom. The van der Waals surface area contributed by atoms with Crippen molar-refractivity contribution in [2.45, 2.75) is 40.7 Å². The Hall–Kier alpha value is -1.47. The number of esters is 1. The first-order chi connectivity index (χ1) is 9.93. The van der Waals surface area contributed by atoms with E-state index in [2.05, 4.69) is 21.6 Å². The molecule has 1 N–H and O–H groups in total. The van der Waals surface area contributed by atoms with Crippen LogP contribution in [0.25, 0.3) is 0 Å². The van der Waals surface area contributed by atoms with Crippen LogP contribution in [-0.2, 0) is 4.74 Å². The van der Waals surface area contributed by atoms with Crippen LogP contribution in [0, 0.1) is 20.8 Å². The van der Waals surface area contributed by atoms with E-state index < -0.39 is 0 Å². The van der Waals surface area contributed by atoms with Crippen LogP contribution in [0.3, 0.4) is 0 Å². The molecule has 2 heterocycles. The minimum atomic E-state index is -0.323. The molecule has 2 rings (SSSR count). The van der Waals surface area contributed by atoms with Crippen LogP contribution in [0.1, 0.15) is 51.5 Å². The van der Waals surface area contributed by atoms with Crippen LogP contribution in [0.4, 0.5) is 5.00 Å². The third-order valence-corrected chi connectivity index (χ3v) is 5.15. The fourth-order valence-electron chi connectivity index (χ4n) is 2.12. The molecular weight excluding hydrogens is 306 g/mol. The molecule has 2 aromatic heterocycles. The molecule has 0 amide bonds.